The Kier molecular flexibility index (Phi) is 6.56. The molecule has 0 aliphatic carbocycles. The van der Waals surface area contributed by atoms with Crippen LogP contribution in [0.25, 0.3) is 0 Å². The van der Waals surface area contributed by atoms with Crippen LogP contribution in [-0.2, 0) is 4.79 Å². The van der Waals surface area contributed by atoms with Crippen molar-refractivity contribution >= 4 is 17.6 Å². The maximum atomic E-state index is 11.7. The molecule has 0 radical (unpaired) electrons. The molecular formula is C15H23N3O2. The van der Waals surface area contributed by atoms with Crippen molar-refractivity contribution in [3.05, 3.63) is 29.3 Å². The van der Waals surface area contributed by atoms with Gasteiger partial charge in [-0.2, -0.15) is 0 Å². The Morgan fingerprint density at radius 3 is 2.50 bits per heavy atom. The number of benzene rings is 1. The van der Waals surface area contributed by atoms with Gasteiger partial charge in [0.1, 0.15) is 0 Å². The zero-order valence-electron chi connectivity index (χ0n) is 12.2. The number of primary amides is 1. The van der Waals surface area contributed by atoms with Crippen LogP contribution in [0.4, 0.5) is 10.5 Å². The number of aryl methyl sites for hydroxylation is 2. The van der Waals surface area contributed by atoms with Gasteiger partial charge in [-0.15, -0.1) is 0 Å². The Labute approximate surface area is 119 Å². The quantitative estimate of drug-likeness (QED) is 0.669. The summed E-state index contributed by atoms with van der Waals surface area (Å²) in [5.41, 5.74) is 8.17. The molecule has 5 heteroatoms. The van der Waals surface area contributed by atoms with Crippen molar-refractivity contribution in [2.75, 3.05) is 11.9 Å². The minimum absolute atomic E-state index is 0.0242. The van der Waals surface area contributed by atoms with Gasteiger partial charge >= 0.3 is 6.03 Å². The van der Waals surface area contributed by atoms with Crippen LogP contribution in [0.5, 0.6) is 0 Å². The third-order valence-electron chi connectivity index (χ3n) is 3.17. The number of urea groups is 1. The topological polar surface area (TPSA) is 84.2 Å². The second-order valence-electron chi connectivity index (χ2n) is 4.95. The molecule has 1 rings (SSSR count). The summed E-state index contributed by atoms with van der Waals surface area (Å²) >= 11 is 0. The van der Waals surface area contributed by atoms with E-state index >= 15 is 0 Å². The number of rotatable bonds is 7. The van der Waals surface area contributed by atoms with Gasteiger partial charge in [0.25, 0.3) is 0 Å². The van der Waals surface area contributed by atoms with Crippen LogP contribution in [-0.4, -0.2) is 18.5 Å². The van der Waals surface area contributed by atoms with Crippen LogP contribution >= 0.6 is 0 Å². The average Bonchev–Trinajstić information content (AvgIpc) is 2.38. The zero-order valence-corrected chi connectivity index (χ0v) is 12.2. The average molecular weight is 277 g/mol. The van der Waals surface area contributed by atoms with Crippen LogP contribution in [0.2, 0.25) is 0 Å². The van der Waals surface area contributed by atoms with E-state index in [1.165, 1.54) is 11.1 Å². The number of anilines is 1. The van der Waals surface area contributed by atoms with Crippen molar-refractivity contribution in [3.8, 4) is 0 Å². The standard InChI is InChI=1S/C15H23N3O2/c1-11-7-8-13(10-12(11)2)18-14(19)6-4-3-5-9-17-15(16)20/h7-8,10H,3-6,9H2,1-2H3,(H,18,19)(H3,16,17,20). The van der Waals surface area contributed by atoms with Gasteiger partial charge in [-0.25, -0.2) is 4.79 Å². The molecule has 0 aliphatic heterocycles. The van der Waals surface area contributed by atoms with Crippen LogP contribution in [0.3, 0.4) is 0 Å². The number of nitrogens with one attached hydrogen (secondary N) is 2. The van der Waals surface area contributed by atoms with Gasteiger partial charge in [0, 0.05) is 18.7 Å². The van der Waals surface area contributed by atoms with Crippen molar-refractivity contribution in [2.45, 2.75) is 39.5 Å². The van der Waals surface area contributed by atoms with E-state index < -0.39 is 6.03 Å². The molecule has 0 aromatic heterocycles. The Morgan fingerprint density at radius 2 is 1.85 bits per heavy atom. The number of nitrogens with two attached hydrogens (primary N) is 1. The molecule has 3 amide bonds. The van der Waals surface area contributed by atoms with Gasteiger partial charge in [0.05, 0.1) is 0 Å². The van der Waals surface area contributed by atoms with Crippen molar-refractivity contribution < 1.29 is 9.59 Å². The fourth-order valence-electron chi connectivity index (χ4n) is 1.84. The number of amides is 3. The third kappa shape index (κ3) is 6.22. The highest BCUT2D eigenvalue weighted by atomic mass is 16.2. The van der Waals surface area contributed by atoms with E-state index in [0.29, 0.717) is 13.0 Å². The number of hydrogen-bond acceptors (Lipinski definition) is 2. The Bertz CT molecular complexity index is 472. The summed E-state index contributed by atoms with van der Waals surface area (Å²) in [6.07, 6.45) is 3.01. The molecule has 0 fully saturated rings. The molecule has 20 heavy (non-hydrogen) atoms. The highest BCUT2D eigenvalue weighted by Crippen LogP contribution is 2.14. The molecule has 1 aromatic carbocycles. The van der Waals surface area contributed by atoms with Gasteiger partial charge < -0.3 is 16.4 Å². The lowest BCUT2D eigenvalue weighted by molar-refractivity contribution is -0.116. The van der Waals surface area contributed by atoms with E-state index in [9.17, 15) is 9.59 Å². The number of carbonyl (C=O) groups excluding carboxylic acids is 2. The van der Waals surface area contributed by atoms with Crippen LogP contribution in [0.15, 0.2) is 18.2 Å². The van der Waals surface area contributed by atoms with Gasteiger partial charge in [0.15, 0.2) is 0 Å². The van der Waals surface area contributed by atoms with Crippen molar-refractivity contribution in [3.63, 3.8) is 0 Å². The van der Waals surface area contributed by atoms with E-state index in [1.54, 1.807) is 0 Å². The smallest absolute Gasteiger partial charge is 0.312 e. The Morgan fingerprint density at radius 1 is 1.10 bits per heavy atom. The summed E-state index contributed by atoms with van der Waals surface area (Å²) < 4.78 is 0. The highest BCUT2D eigenvalue weighted by Gasteiger charge is 2.03. The molecule has 5 nitrogen and oxygen atoms in total. The van der Waals surface area contributed by atoms with E-state index in [1.807, 2.05) is 32.0 Å². The second kappa shape index (κ2) is 8.19. The number of carbonyl (C=O) groups is 2. The summed E-state index contributed by atoms with van der Waals surface area (Å²) in [6.45, 7) is 4.63. The molecule has 0 unspecified atom stereocenters. The Balaban J connectivity index is 2.20. The Hall–Kier alpha value is -2.04. The molecule has 0 saturated heterocycles. The lowest BCUT2D eigenvalue weighted by Crippen LogP contribution is -2.29. The summed E-state index contributed by atoms with van der Waals surface area (Å²) in [5, 5.41) is 5.41. The number of unbranched alkanes of at least 4 members (excludes halogenated alkanes) is 2. The predicted octanol–water partition coefficient (Wildman–Crippen LogP) is 2.47. The molecule has 0 bridgehead atoms. The molecule has 0 saturated carbocycles. The largest absolute Gasteiger partial charge is 0.352 e. The fourth-order valence-corrected chi connectivity index (χ4v) is 1.84. The van der Waals surface area contributed by atoms with Crippen LogP contribution < -0.4 is 16.4 Å². The second-order valence-corrected chi connectivity index (χ2v) is 4.95. The first-order chi connectivity index (χ1) is 9.49. The fraction of sp³-hybridized carbons (Fsp3) is 0.467. The van der Waals surface area contributed by atoms with Gasteiger partial charge in [-0.05, 0) is 49.9 Å². The van der Waals surface area contributed by atoms with E-state index in [-0.39, 0.29) is 5.91 Å². The molecule has 0 heterocycles. The number of hydrogen-bond donors (Lipinski definition) is 3. The summed E-state index contributed by atoms with van der Waals surface area (Å²) in [4.78, 5) is 22.2. The first kappa shape index (κ1) is 16.0. The predicted molar refractivity (Wildman–Crippen MR) is 80.6 cm³/mol. The van der Waals surface area contributed by atoms with Gasteiger partial charge in [-0.3, -0.25) is 4.79 Å². The summed E-state index contributed by atoms with van der Waals surface area (Å²) in [7, 11) is 0. The normalized spacial score (nSPS) is 10.1. The molecule has 4 N–H and O–H groups in total. The maximum Gasteiger partial charge on any atom is 0.312 e. The van der Waals surface area contributed by atoms with E-state index in [2.05, 4.69) is 10.6 Å². The summed E-state index contributed by atoms with van der Waals surface area (Å²) in [6, 6.07) is 5.39. The molecule has 0 spiro atoms. The first-order valence-corrected chi connectivity index (χ1v) is 6.89. The minimum atomic E-state index is -0.502. The highest BCUT2D eigenvalue weighted by molar-refractivity contribution is 5.90. The van der Waals surface area contributed by atoms with E-state index in [0.717, 1.165) is 24.9 Å². The maximum absolute atomic E-state index is 11.7. The molecular weight excluding hydrogens is 254 g/mol. The SMILES string of the molecule is Cc1ccc(NC(=O)CCCCCNC(N)=O)cc1C. The molecule has 110 valence electrons. The zero-order chi connectivity index (χ0) is 15.0. The van der Waals surface area contributed by atoms with Gasteiger partial charge in [-0.1, -0.05) is 12.5 Å². The van der Waals surface area contributed by atoms with E-state index in [4.69, 9.17) is 5.73 Å². The van der Waals surface area contributed by atoms with Gasteiger partial charge in [0.2, 0.25) is 5.91 Å². The van der Waals surface area contributed by atoms with Crippen molar-refractivity contribution in [2.24, 2.45) is 5.73 Å². The van der Waals surface area contributed by atoms with Crippen molar-refractivity contribution in [1.29, 1.82) is 0 Å². The van der Waals surface area contributed by atoms with Crippen LogP contribution in [0.1, 0.15) is 36.8 Å². The minimum Gasteiger partial charge on any atom is -0.352 e. The molecule has 1 aromatic rings. The third-order valence-corrected chi connectivity index (χ3v) is 3.17. The first-order valence-electron chi connectivity index (χ1n) is 6.89. The lowest BCUT2D eigenvalue weighted by Gasteiger charge is -2.07. The molecule has 0 aliphatic rings. The summed E-state index contributed by atoms with van der Waals surface area (Å²) in [5.74, 6) is 0.0242. The lowest BCUT2D eigenvalue weighted by atomic mass is 10.1. The molecule has 0 atom stereocenters. The van der Waals surface area contributed by atoms with Crippen molar-refractivity contribution in [1.82, 2.24) is 5.32 Å². The monoisotopic (exact) mass is 277 g/mol. The van der Waals surface area contributed by atoms with Crippen LogP contribution in [0, 0.1) is 13.8 Å².